The minimum absolute atomic E-state index is 0.125. The summed E-state index contributed by atoms with van der Waals surface area (Å²) >= 11 is 0. The maximum atomic E-state index is 13.2. The SMILES string of the molecule is Cc1ccc(S(=O)(=O)[C@H]2[C@@H](c3ccc4c(c3)OCO4)C2(CO)CO)cc1. The van der Waals surface area contributed by atoms with Crippen LogP contribution in [0.25, 0.3) is 0 Å². The number of aliphatic hydroxyl groups excluding tert-OH is 2. The molecule has 1 aliphatic heterocycles. The molecule has 1 saturated carbocycles. The zero-order valence-electron chi connectivity index (χ0n) is 14.3. The van der Waals surface area contributed by atoms with Crippen LogP contribution in [0.5, 0.6) is 11.5 Å². The van der Waals surface area contributed by atoms with Crippen LogP contribution in [0.15, 0.2) is 47.4 Å². The Balaban J connectivity index is 1.76. The molecule has 0 amide bonds. The van der Waals surface area contributed by atoms with Crippen molar-refractivity contribution in [3.63, 3.8) is 0 Å². The van der Waals surface area contributed by atoms with Crippen LogP contribution in [0.4, 0.5) is 0 Å². The Morgan fingerprint density at radius 2 is 1.69 bits per heavy atom. The molecule has 2 N–H and O–H groups in total. The summed E-state index contributed by atoms with van der Waals surface area (Å²) in [5, 5.41) is 19.0. The van der Waals surface area contributed by atoms with E-state index in [4.69, 9.17) is 9.47 Å². The maximum absolute atomic E-state index is 13.2. The van der Waals surface area contributed by atoms with Crippen LogP contribution in [0.1, 0.15) is 17.0 Å². The van der Waals surface area contributed by atoms with Crippen molar-refractivity contribution < 1.29 is 28.1 Å². The van der Waals surface area contributed by atoms with Gasteiger partial charge in [0.05, 0.1) is 23.4 Å². The van der Waals surface area contributed by atoms with Gasteiger partial charge in [0, 0.05) is 11.3 Å². The Morgan fingerprint density at radius 1 is 1.04 bits per heavy atom. The van der Waals surface area contributed by atoms with E-state index in [0.717, 1.165) is 5.56 Å². The van der Waals surface area contributed by atoms with Crippen molar-refractivity contribution in [1.29, 1.82) is 0 Å². The molecule has 6 nitrogen and oxygen atoms in total. The zero-order valence-corrected chi connectivity index (χ0v) is 15.1. The van der Waals surface area contributed by atoms with Crippen LogP contribution in [0, 0.1) is 12.3 Å². The number of aryl methyl sites for hydroxylation is 1. The second-order valence-corrected chi connectivity index (χ2v) is 8.99. The molecule has 4 rings (SSSR count). The normalized spacial score (nSPS) is 23.0. The highest BCUT2D eigenvalue weighted by Crippen LogP contribution is 2.64. The van der Waals surface area contributed by atoms with E-state index in [-0.39, 0.29) is 11.7 Å². The number of hydrogen-bond donors (Lipinski definition) is 2. The van der Waals surface area contributed by atoms with Gasteiger partial charge >= 0.3 is 0 Å². The summed E-state index contributed by atoms with van der Waals surface area (Å²) in [7, 11) is -3.72. The number of benzene rings is 2. The largest absolute Gasteiger partial charge is 0.454 e. The van der Waals surface area contributed by atoms with Crippen LogP contribution in [0.2, 0.25) is 0 Å². The van der Waals surface area contributed by atoms with Crippen molar-refractivity contribution in [2.75, 3.05) is 20.0 Å². The van der Waals surface area contributed by atoms with Crippen LogP contribution in [-0.4, -0.2) is 43.9 Å². The lowest BCUT2D eigenvalue weighted by Gasteiger charge is -2.11. The first-order valence-electron chi connectivity index (χ1n) is 8.36. The predicted octanol–water partition coefficient (Wildman–Crippen LogP) is 1.63. The second-order valence-electron chi connectivity index (χ2n) is 6.92. The summed E-state index contributed by atoms with van der Waals surface area (Å²) in [5.74, 6) is 0.634. The Morgan fingerprint density at radius 3 is 2.35 bits per heavy atom. The van der Waals surface area contributed by atoms with Crippen LogP contribution >= 0.6 is 0 Å². The van der Waals surface area contributed by atoms with Gasteiger partial charge in [-0.25, -0.2) is 8.42 Å². The predicted molar refractivity (Wildman–Crippen MR) is 94.1 cm³/mol. The molecule has 26 heavy (non-hydrogen) atoms. The van der Waals surface area contributed by atoms with Crippen LogP contribution in [-0.2, 0) is 9.84 Å². The Kier molecular flexibility index (Phi) is 3.98. The lowest BCUT2D eigenvalue weighted by atomic mass is 10.0. The van der Waals surface area contributed by atoms with Gasteiger partial charge in [-0.05, 0) is 36.8 Å². The molecule has 0 bridgehead atoms. The van der Waals surface area contributed by atoms with Gasteiger partial charge in [-0.2, -0.15) is 0 Å². The quantitative estimate of drug-likeness (QED) is 0.824. The standard InChI is InChI=1S/C19H20O6S/c1-12-2-5-14(6-3-12)26(22,23)18-17(19(18,9-20)10-21)13-4-7-15-16(8-13)25-11-24-15/h2-8,17-18,20-21H,9-11H2,1H3/t17-,18+/m1/s1. The molecule has 2 aliphatic rings. The first kappa shape index (κ1) is 17.3. The zero-order chi connectivity index (χ0) is 18.5. The molecule has 0 radical (unpaired) electrons. The summed E-state index contributed by atoms with van der Waals surface area (Å²) in [6.07, 6.45) is 0. The molecule has 2 atom stereocenters. The van der Waals surface area contributed by atoms with Gasteiger partial charge in [0.25, 0.3) is 0 Å². The fourth-order valence-electron chi connectivity index (χ4n) is 3.86. The molecular weight excluding hydrogens is 356 g/mol. The number of hydrogen-bond acceptors (Lipinski definition) is 6. The van der Waals surface area contributed by atoms with E-state index < -0.39 is 39.6 Å². The van der Waals surface area contributed by atoms with Gasteiger partial charge in [0.1, 0.15) is 0 Å². The molecule has 2 aromatic carbocycles. The lowest BCUT2D eigenvalue weighted by molar-refractivity contribution is 0.130. The average Bonchev–Trinajstić information content (AvgIpc) is 3.12. The van der Waals surface area contributed by atoms with E-state index in [2.05, 4.69) is 0 Å². The average molecular weight is 376 g/mol. The molecule has 138 valence electrons. The molecular formula is C19H20O6S. The molecule has 0 unspecified atom stereocenters. The van der Waals surface area contributed by atoms with Gasteiger partial charge in [-0.15, -0.1) is 0 Å². The molecule has 0 saturated heterocycles. The summed E-state index contributed by atoms with van der Waals surface area (Å²) in [6, 6.07) is 11.8. The molecule has 0 spiro atoms. The molecule has 0 aromatic heterocycles. The van der Waals surface area contributed by atoms with Crippen molar-refractivity contribution in [1.82, 2.24) is 0 Å². The van der Waals surface area contributed by atoms with Crippen LogP contribution in [0.3, 0.4) is 0 Å². The van der Waals surface area contributed by atoms with Crippen molar-refractivity contribution in [2.45, 2.75) is 23.0 Å². The number of ether oxygens (including phenoxy) is 2. The van der Waals surface area contributed by atoms with Crippen molar-refractivity contribution >= 4 is 9.84 Å². The topological polar surface area (TPSA) is 93.1 Å². The Bertz CT molecular complexity index is 931. The first-order valence-corrected chi connectivity index (χ1v) is 9.90. The number of aliphatic hydroxyl groups is 2. The first-order chi connectivity index (χ1) is 12.4. The summed E-state index contributed by atoms with van der Waals surface area (Å²) in [6.45, 7) is 1.17. The van der Waals surface area contributed by atoms with Crippen molar-refractivity contribution in [3.8, 4) is 11.5 Å². The minimum atomic E-state index is -3.72. The molecule has 7 heteroatoms. The highest BCUT2D eigenvalue weighted by atomic mass is 32.2. The minimum Gasteiger partial charge on any atom is -0.454 e. The highest BCUT2D eigenvalue weighted by molar-refractivity contribution is 7.92. The number of rotatable bonds is 5. The molecule has 1 aliphatic carbocycles. The fraction of sp³-hybridized carbons (Fsp3) is 0.368. The summed E-state index contributed by atoms with van der Waals surface area (Å²) < 4.78 is 37.0. The summed E-state index contributed by atoms with van der Waals surface area (Å²) in [5.41, 5.74) is 0.554. The van der Waals surface area contributed by atoms with E-state index in [1.54, 1.807) is 42.5 Å². The lowest BCUT2D eigenvalue weighted by Crippen LogP contribution is -2.23. The maximum Gasteiger partial charge on any atom is 0.231 e. The Hall–Kier alpha value is -2.09. The Labute approximate surface area is 151 Å². The van der Waals surface area contributed by atoms with Gasteiger partial charge in [0.15, 0.2) is 21.3 Å². The third-order valence-corrected chi connectivity index (χ3v) is 7.75. The van der Waals surface area contributed by atoms with E-state index in [9.17, 15) is 18.6 Å². The third kappa shape index (κ3) is 2.42. The fourth-order valence-corrected chi connectivity index (χ4v) is 6.29. The monoisotopic (exact) mass is 376 g/mol. The van der Waals surface area contributed by atoms with Gasteiger partial charge in [-0.1, -0.05) is 23.8 Å². The van der Waals surface area contributed by atoms with E-state index in [1.807, 2.05) is 6.92 Å². The number of sulfone groups is 1. The van der Waals surface area contributed by atoms with Crippen molar-refractivity contribution in [3.05, 3.63) is 53.6 Å². The van der Waals surface area contributed by atoms with Gasteiger partial charge in [0.2, 0.25) is 6.79 Å². The highest BCUT2D eigenvalue weighted by Gasteiger charge is 2.70. The molecule has 1 heterocycles. The number of fused-ring (bicyclic) bond motifs is 1. The molecule has 1 fully saturated rings. The van der Waals surface area contributed by atoms with Crippen LogP contribution < -0.4 is 9.47 Å². The summed E-state index contributed by atoms with van der Waals surface area (Å²) in [4.78, 5) is 0.197. The van der Waals surface area contributed by atoms with Gasteiger partial charge in [-0.3, -0.25) is 0 Å². The van der Waals surface area contributed by atoms with E-state index >= 15 is 0 Å². The second kappa shape index (κ2) is 5.97. The molecule has 2 aromatic rings. The van der Waals surface area contributed by atoms with Crippen molar-refractivity contribution in [2.24, 2.45) is 5.41 Å². The third-order valence-electron chi connectivity index (χ3n) is 5.41. The smallest absolute Gasteiger partial charge is 0.231 e. The van der Waals surface area contributed by atoms with Gasteiger partial charge < -0.3 is 19.7 Å². The van der Waals surface area contributed by atoms with E-state index in [1.165, 1.54) is 0 Å². The van der Waals surface area contributed by atoms with E-state index in [0.29, 0.717) is 17.1 Å².